The van der Waals surface area contributed by atoms with Crippen LogP contribution in [0.4, 0.5) is 0 Å². The molecular weight excluding hydrogens is 230 g/mol. The predicted molar refractivity (Wildman–Crippen MR) is 70.2 cm³/mol. The molecule has 94 valence electrons. The Balaban J connectivity index is 1.97. The van der Waals surface area contributed by atoms with Gasteiger partial charge >= 0.3 is 0 Å². The van der Waals surface area contributed by atoms with Crippen LogP contribution in [0.5, 0.6) is 5.75 Å². The molecule has 3 N–H and O–H groups in total. The fourth-order valence-electron chi connectivity index (χ4n) is 1.58. The molecule has 1 aliphatic heterocycles. The lowest BCUT2D eigenvalue weighted by molar-refractivity contribution is -0.120. The zero-order valence-corrected chi connectivity index (χ0v) is 9.93. The summed E-state index contributed by atoms with van der Waals surface area (Å²) in [4.78, 5) is 11.1. The largest absolute Gasteiger partial charge is 0.488 e. The molecule has 0 spiro atoms. The van der Waals surface area contributed by atoms with Gasteiger partial charge in [0, 0.05) is 24.1 Å². The summed E-state index contributed by atoms with van der Waals surface area (Å²) in [5, 5.41) is 3.86. The van der Waals surface area contributed by atoms with Gasteiger partial charge < -0.3 is 10.5 Å². The van der Waals surface area contributed by atoms with Gasteiger partial charge in [-0.2, -0.15) is 5.10 Å². The zero-order valence-electron chi connectivity index (χ0n) is 9.93. The maximum atomic E-state index is 11.1. The number of carbonyl (C=O) groups excluding carboxylic acids is 1. The number of hydrazone groups is 1. The van der Waals surface area contributed by atoms with E-state index in [1.807, 2.05) is 30.3 Å². The summed E-state index contributed by atoms with van der Waals surface area (Å²) in [6.07, 6.45) is 3.84. The van der Waals surface area contributed by atoms with Crippen LogP contribution in [-0.2, 0) is 4.79 Å². The van der Waals surface area contributed by atoms with Crippen LogP contribution in [0.25, 0.3) is 6.08 Å². The molecule has 0 unspecified atom stereocenters. The van der Waals surface area contributed by atoms with E-state index < -0.39 is 0 Å². The molecule has 1 heterocycles. The van der Waals surface area contributed by atoms with Crippen molar-refractivity contribution in [2.24, 2.45) is 10.8 Å². The Morgan fingerprint density at radius 1 is 1.50 bits per heavy atom. The van der Waals surface area contributed by atoms with Crippen molar-refractivity contribution in [1.29, 1.82) is 0 Å². The van der Waals surface area contributed by atoms with E-state index in [1.54, 1.807) is 6.21 Å². The van der Waals surface area contributed by atoms with Crippen LogP contribution in [-0.4, -0.2) is 25.3 Å². The maximum absolute atomic E-state index is 11.1. The quantitative estimate of drug-likeness (QED) is 0.611. The molecule has 0 aliphatic carbocycles. The lowest BCUT2D eigenvalue weighted by atomic mass is 10.1. The second kappa shape index (κ2) is 5.97. The summed E-state index contributed by atoms with van der Waals surface area (Å²) in [6.45, 7) is 0.772. The van der Waals surface area contributed by atoms with Gasteiger partial charge in [0.25, 0.3) is 0 Å². The number of ether oxygens (including phenoxy) is 1. The lowest BCUT2D eigenvalue weighted by Crippen LogP contribution is -2.21. The molecule has 0 saturated carbocycles. The molecule has 5 nitrogen and oxygen atoms in total. The SMILES string of the molecule is NCCC(=O)N/N=C/C1=Cc2ccccc2OC1. The van der Waals surface area contributed by atoms with Crippen LogP contribution in [0.1, 0.15) is 12.0 Å². The van der Waals surface area contributed by atoms with E-state index in [2.05, 4.69) is 10.5 Å². The van der Waals surface area contributed by atoms with Crippen LogP contribution in [0.3, 0.4) is 0 Å². The van der Waals surface area contributed by atoms with Crippen molar-refractivity contribution in [2.75, 3.05) is 13.2 Å². The summed E-state index contributed by atoms with van der Waals surface area (Å²) in [7, 11) is 0. The molecule has 1 aliphatic rings. The van der Waals surface area contributed by atoms with Crippen molar-refractivity contribution in [3.05, 3.63) is 35.4 Å². The molecular formula is C13H15N3O2. The number of benzene rings is 1. The Labute approximate surface area is 105 Å². The smallest absolute Gasteiger partial charge is 0.241 e. The minimum Gasteiger partial charge on any atom is -0.488 e. The monoisotopic (exact) mass is 245 g/mol. The summed E-state index contributed by atoms with van der Waals surface area (Å²) < 4.78 is 5.55. The molecule has 1 aromatic rings. The lowest BCUT2D eigenvalue weighted by Gasteiger charge is -2.15. The second-order valence-electron chi connectivity index (χ2n) is 3.88. The first kappa shape index (κ1) is 12.3. The molecule has 18 heavy (non-hydrogen) atoms. The summed E-state index contributed by atoms with van der Waals surface area (Å²) in [5.41, 5.74) is 9.58. The molecule has 0 aromatic heterocycles. The maximum Gasteiger partial charge on any atom is 0.241 e. The number of para-hydroxylation sites is 1. The van der Waals surface area contributed by atoms with Crippen molar-refractivity contribution >= 4 is 18.2 Å². The molecule has 1 aromatic carbocycles. The van der Waals surface area contributed by atoms with Gasteiger partial charge in [0.1, 0.15) is 12.4 Å². The predicted octanol–water partition coefficient (Wildman–Crippen LogP) is 0.913. The van der Waals surface area contributed by atoms with Crippen molar-refractivity contribution < 1.29 is 9.53 Å². The van der Waals surface area contributed by atoms with Gasteiger partial charge in [-0.3, -0.25) is 4.79 Å². The number of amides is 1. The Morgan fingerprint density at radius 3 is 3.17 bits per heavy atom. The number of nitrogens with zero attached hydrogens (tertiary/aromatic N) is 1. The average Bonchev–Trinajstić information content (AvgIpc) is 2.39. The molecule has 0 fully saturated rings. The third-order valence-electron chi connectivity index (χ3n) is 2.45. The van der Waals surface area contributed by atoms with E-state index in [0.717, 1.165) is 16.9 Å². The molecule has 2 rings (SSSR count). The van der Waals surface area contributed by atoms with Gasteiger partial charge in [-0.05, 0) is 12.1 Å². The summed E-state index contributed by atoms with van der Waals surface area (Å²) in [6, 6.07) is 7.76. The third kappa shape index (κ3) is 3.18. The van der Waals surface area contributed by atoms with E-state index in [4.69, 9.17) is 10.5 Å². The molecule has 1 amide bonds. The van der Waals surface area contributed by atoms with Crippen LogP contribution < -0.4 is 15.9 Å². The average molecular weight is 245 g/mol. The van der Waals surface area contributed by atoms with Crippen LogP contribution in [0.15, 0.2) is 34.9 Å². The highest BCUT2D eigenvalue weighted by molar-refractivity contribution is 5.88. The van der Waals surface area contributed by atoms with Crippen LogP contribution >= 0.6 is 0 Å². The van der Waals surface area contributed by atoms with Crippen LogP contribution in [0.2, 0.25) is 0 Å². The van der Waals surface area contributed by atoms with Gasteiger partial charge in [-0.25, -0.2) is 5.43 Å². The summed E-state index contributed by atoms with van der Waals surface area (Å²) >= 11 is 0. The fraction of sp³-hybridized carbons (Fsp3) is 0.231. The normalized spacial score (nSPS) is 13.7. The number of rotatable bonds is 4. The molecule has 0 atom stereocenters. The van der Waals surface area contributed by atoms with Gasteiger partial charge in [-0.1, -0.05) is 18.2 Å². The topological polar surface area (TPSA) is 76.7 Å². The first-order chi connectivity index (χ1) is 8.79. The van der Waals surface area contributed by atoms with E-state index >= 15 is 0 Å². The first-order valence-electron chi connectivity index (χ1n) is 5.74. The highest BCUT2D eigenvalue weighted by atomic mass is 16.5. The molecule has 0 saturated heterocycles. The number of hydrogen-bond donors (Lipinski definition) is 2. The van der Waals surface area contributed by atoms with Crippen molar-refractivity contribution in [1.82, 2.24) is 5.43 Å². The Kier molecular flexibility index (Phi) is 4.09. The number of nitrogens with one attached hydrogen (secondary N) is 1. The standard InChI is InChI=1S/C13H15N3O2/c14-6-5-13(17)16-15-8-10-7-11-3-1-2-4-12(11)18-9-10/h1-4,7-8H,5-6,9,14H2,(H,16,17)/b15-8+. The first-order valence-corrected chi connectivity index (χ1v) is 5.74. The molecule has 0 bridgehead atoms. The minimum absolute atomic E-state index is 0.188. The number of hydrogen-bond acceptors (Lipinski definition) is 4. The Bertz CT molecular complexity index is 495. The highest BCUT2D eigenvalue weighted by Crippen LogP contribution is 2.24. The summed E-state index contributed by atoms with van der Waals surface area (Å²) in [5.74, 6) is 0.674. The molecule has 0 radical (unpaired) electrons. The van der Waals surface area contributed by atoms with Crippen molar-refractivity contribution in [3.8, 4) is 5.75 Å². The van der Waals surface area contributed by atoms with Gasteiger partial charge in [0.15, 0.2) is 0 Å². The minimum atomic E-state index is -0.188. The van der Waals surface area contributed by atoms with Gasteiger partial charge in [-0.15, -0.1) is 0 Å². The third-order valence-corrected chi connectivity index (χ3v) is 2.45. The fourth-order valence-corrected chi connectivity index (χ4v) is 1.58. The van der Waals surface area contributed by atoms with Crippen molar-refractivity contribution in [2.45, 2.75) is 6.42 Å². The molecule has 5 heteroatoms. The van der Waals surface area contributed by atoms with E-state index in [9.17, 15) is 4.79 Å². The second-order valence-corrected chi connectivity index (χ2v) is 3.88. The van der Waals surface area contributed by atoms with Gasteiger partial charge in [0.05, 0.1) is 6.21 Å². The Hall–Kier alpha value is -2.14. The Morgan fingerprint density at radius 2 is 2.33 bits per heavy atom. The van der Waals surface area contributed by atoms with E-state index in [-0.39, 0.29) is 12.3 Å². The highest BCUT2D eigenvalue weighted by Gasteiger charge is 2.08. The number of fused-ring (bicyclic) bond motifs is 1. The van der Waals surface area contributed by atoms with Gasteiger partial charge in [0.2, 0.25) is 5.91 Å². The van der Waals surface area contributed by atoms with Crippen LogP contribution in [0, 0.1) is 0 Å². The number of carbonyl (C=O) groups is 1. The van der Waals surface area contributed by atoms with E-state index in [1.165, 1.54) is 0 Å². The van der Waals surface area contributed by atoms with Crippen molar-refractivity contribution in [3.63, 3.8) is 0 Å². The number of nitrogens with two attached hydrogens (primary N) is 1. The van der Waals surface area contributed by atoms with E-state index in [0.29, 0.717) is 13.2 Å². The zero-order chi connectivity index (χ0) is 12.8.